The highest BCUT2D eigenvalue weighted by molar-refractivity contribution is 5.09. The molecule has 0 spiro atoms. The molecule has 0 bridgehead atoms. The van der Waals surface area contributed by atoms with Gasteiger partial charge in [-0.2, -0.15) is 13.2 Å². The highest BCUT2D eigenvalue weighted by Crippen LogP contribution is 2.68. The van der Waals surface area contributed by atoms with Crippen molar-refractivity contribution in [2.45, 2.75) is 97.6 Å². The normalized spacial score (nSPS) is 48.9. The van der Waals surface area contributed by atoms with Crippen LogP contribution in [-0.4, -0.2) is 6.18 Å². The van der Waals surface area contributed by atoms with Crippen LogP contribution in [0.5, 0.6) is 0 Å². The van der Waals surface area contributed by atoms with Crippen molar-refractivity contribution in [2.24, 2.45) is 46.3 Å². The Morgan fingerprint density at radius 3 is 2.32 bits per heavy atom. The van der Waals surface area contributed by atoms with Gasteiger partial charge in [0.05, 0.1) is 5.92 Å². The average Bonchev–Trinajstić information content (AvgIpc) is 2.97. The summed E-state index contributed by atoms with van der Waals surface area (Å²) >= 11 is 0. The summed E-state index contributed by atoms with van der Waals surface area (Å²) in [5.41, 5.74) is 0.643. The van der Waals surface area contributed by atoms with Crippen molar-refractivity contribution >= 4 is 0 Å². The number of hydrogen-bond acceptors (Lipinski definition) is 0. The molecule has 4 aliphatic carbocycles. The standard InChI is InChI=1S/C25H39F3/c1-4-5-6-7-17-9-11-21-20-10-8-18-16-19(25(26,27)28)12-14-24(18,3)22(20)13-15-23(17,21)2/h4-5,17-22H,6-16H2,1-3H3/b5-4-/t17?,18-,19+,20?,21?,22?,23-,24+/m1/s1. The highest BCUT2D eigenvalue weighted by Gasteiger charge is 2.61. The first-order valence-corrected chi connectivity index (χ1v) is 11.9. The van der Waals surface area contributed by atoms with Gasteiger partial charge in [0.15, 0.2) is 0 Å². The number of allylic oxidation sites excluding steroid dienone is 2. The van der Waals surface area contributed by atoms with Gasteiger partial charge >= 0.3 is 6.18 Å². The van der Waals surface area contributed by atoms with Crippen LogP contribution in [0.1, 0.15) is 91.4 Å². The quantitative estimate of drug-likeness (QED) is 0.422. The Bertz CT molecular complexity index is 593. The third-order valence-electron chi connectivity index (χ3n) is 10.2. The summed E-state index contributed by atoms with van der Waals surface area (Å²) in [6.07, 6.45) is 12.1. The molecule has 0 heterocycles. The molecule has 8 atom stereocenters. The first kappa shape index (κ1) is 20.8. The van der Waals surface area contributed by atoms with E-state index in [9.17, 15) is 13.2 Å². The molecule has 0 nitrogen and oxygen atoms in total. The molecular formula is C25H39F3. The molecule has 4 unspecified atom stereocenters. The van der Waals surface area contributed by atoms with Gasteiger partial charge in [-0.3, -0.25) is 0 Å². The molecule has 28 heavy (non-hydrogen) atoms. The zero-order chi connectivity index (χ0) is 20.2. The fraction of sp³-hybridized carbons (Fsp3) is 0.920. The predicted octanol–water partition coefficient (Wildman–Crippen LogP) is 8.18. The van der Waals surface area contributed by atoms with E-state index in [1.165, 1.54) is 44.9 Å². The third kappa shape index (κ3) is 3.27. The maximum absolute atomic E-state index is 13.4. The Kier molecular flexibility index (Phi) is 5.45. The van der Waals surface area contributed by atoms with E-state index in [1.807, 2.05) is 0 Å². The molecule has 0 amide bonds. The lowest BCUT2D eigenvalue weighted by Gasteiger charge is -2.61. The molecule has 4 aliphatic rings. The van der Waals surface area contributed by atoms with Crippen LogP contribution in [0.25, 0.3) is 0 Å². The molecule has 4 fully saturated rings. The second-order valence-corrected chi connectivity index (χ2v) is 11.1. The van der Waals surface area contributed by atoms with Crippen LogP contribution in [0.15, 0.2) is 12.2 Å². The smallest absolute Gasteiger partial charge is 0.171 e. The van der Waals surface area contributed by atoms with Crippen molar-refractivity contribution in [3.63, 3.8) is 0 Å². The van der Waals surface area contributed by atoms with Crippen LogP contribution >= 0.6 is 0 Å². The monoisotopic (exact) mass is 396 g/mol. The van der Waals surface area contributed by atoms with Crippen LogP contribution in [0.3, 0.4) is 0 Å². The van der Waals surface area contributed by atoms with Crippen molar-refractivity contribution in [3.8, 4) is 0 Å². The third-order valence-corrected chi connectivity index (χ3v) is 10.2. The van der Waals surface area contributed by atoms with Gasteiger partial charge in [0.2, 0.25) is 0 Å². The van der Waals surface area contributed by atoms with Gasteiger partial charge in [0.25, 0.3) is 0 Å². The van der Waals surface area contributed by atoms with E-state index < -0.39 is 12.1 Å². The molecule has 160 valence electrons. The first-order chi connectivity index (χ1) is 13.2. The number of alkyl halides is 3. The lowest BCUT2D eigenvalue weighted by atomic mass is 9.44. The fourth-order valence-electron chi connectivity index (χ4n) is 8.60. The van der Waals surface area contributed by atoms with Crippen LogP contribution < -0.4 is 0 Å². The molecule has 0 aromatic rings. The van der Waals surface area contributed by atoms with Gasteiger partial charge in [-0.25, -0.2) is 0 Å². The lowest BCUT2D eigenvalue weighted by molar-refractivity contribution is -0.208. The first-order valence-electron chi connectivity index (χ1n) is 11.9. The second kappa shape index (κ2) is 7.34. The molecule has 0 aromatic heterocycles. The second-order valence-electron chi connectivity index (χ2n) is 11.1. The Hall–Kier alpha value is -0.470. The minimum atomic E-state index is -3.99. The molecule has 0 N–H and O–H groups in total. The Morgan fingerprint density at radius 2 is 1.61 bits per heavy atom. The number of fused-ring (bicyclic) bond motifs is 5. The van der Waals surface area contributed by atoms with Gasteiger partial charge in [0.1, 0.15) is 0 Å². The predicted molar refractivity (Wildman–Crippen MR) is 109 cm³/mol. The zero-order valence-electron chi connectivity index (χ0n) is 18.0. The molecule has 0 radical (unpaired) electrons. The van der Waals surface area contributed by atoms with E-state index in [2.05, 4.69) is 32.9 Å². The van der Waals surface area contributed by atoms with Crippen LogP contribution in [0, 0.1) is 46.3 Å². The molecule has 4 saturated carbocycles. The van der Waals surface area contributed by atoms with E-state index >= 15 is 0 Å². The molecule has 4 rings (SSSR count). The van der Waals surface area contributed by atoms with E-state index in [0.29, 0.717) is 30.1 Å². The highest BCUT2D eigenvalue weighted by atomic mass is 19.4. The van der Waals surface area contributed by atoms with Crippen molar-refractivity contribution in [1.29, 1.82) is 0 Å². The Labute approximate surface area is 169 Å². The number of halogens is 3. The molecular weight excluding hydrogens is 357 g/mol. The summed E-state index contributed by atoms with van der Waals surface area (Å²) < 4.78 is 40.1. The van der Waals surface area contributed by atoms with Crippen LogP contribution in [-0.2, 0) is 0 Å². The summed E-state index contributed by atoms with van der Waals surface area (Å²) in [6, 6.07) is 0. The molecule has 3 heteroatoms. The summed E-state index contributed by atoms with van der Waals surface area (Å²) in [5.74, 6) is 2.37. The van der Waals surface area contributed by atoms with Gasteiger partial charge < -0.3 is 0 Å². The van der Waals surface area contributed by atoms with Gasteiger partial charge in [-0.1, -0.05) is 26.0 Å². The van der Waals surface area contributed by atoms with E-state index in [1.54, 1.807) is 0 Å². The largest absolute Gasteiger partial charge is 0.391 e. The Morgan fingerprint density at radius 1 is 0.893 bits per heavy atom. The lowest BCUT2D eigenvalue weighted by Crippen LogP contribution is -2.54. The topological polar surface area (TPSA) is 0 Å². The van der Waals surface area contributed by atoms with Gasteiger partial charge in [0, 0.05) is 0 Å². The summed E-state index contributed by atoms with van der Waals surface area (Å²) in [6.45, 7) is 7.05. The fourth-order valence-corrected chi connectivity index (χ4v) is 8.60. The zero-order valence-corrected chi connectivity index (χ0v) is 18.0. The van der Waals surface area contributed by atoms with E-state index in [-0.39, 0.29) is 5.41 Å². The minimum absolute atomic E-state index is 0.162. The van der Waals surface area contributed by atoms with E-state index in [4.69, 9.17) is 0 Å². The van der Waals surface area contributed by atoms with Crippen molar-refractivity contribution in [2.75, 3.05) is 0 Å². The maximum Gasteiger partial charge on any atom is 0.391 e. The summed E-state index contributed by atoms with van der Waals surface area (Å²) in [4.78, 5) is 0. The SMILES string of the molecule is C/C=C\CCC1CCC2C3CC[C@@H]4C[C@@H](C(F)(F)F)CC[C@]4(C)C3CC[C@]12C. The molecule has 0 saturated heterocycles. The van der Waals surface area contributed by atoms with Crippen LogP contribution in [0.2, 0.25) is 0 Å². The summed E-state index contributed by atoms with van der Waals surface area (Å²) in [7, 11) is 0. The van der Waals surface area contributed by atoms with Crippen molar-refractivity contribution in [1.82, 2.24) is 0 Å². The van der Waals surface area contributed by atoms with E-state index in [0.717, 1.165) is 30.6 Å². The summed E-state index contributed by atoms with van der Waals surface area (Å²) in [5, 5.41) is 0. The number of rotatable bonds is 3. The maximum atomic E-state index is 13.4. The van der Waals surface area contributed by atoms with Gasteiger partial charge in [-0.15, -0.1) is 0 Å². The molecule has 0 aromatic carbocycles. The Balaban J connectivity index is 1.49. The number of hydrogen-bond donors (Lipinski definition) is 0. The van der Waals surface area contributed by atoms with Crippen molar-refractivity contribution < 1.29 is 13.2 Å². The van der Waals surface area contributed by atoms with Crippen LogP contribution in [0.4, 0.5) is 13.2 Å². The molecule has 0 aliphatic heterocycles. The van der Waals surface area contributed by atoms with Crippen molar-refractivity contribution in [3.05, 3.63) is 12.2 Å². The average molecular weight is 397 g/mol. The minimum Gasteiger partial charge on any atom is -0.171 e. The van der Waals surface area contributed by atoms with Gasteiger partial charge in [-0.05, 0) is 118 Å².